The third kappa shape index (κ3) is 27.2. The topological polar surface area (TPSA) is 257 Å². The summed E-state index contributed by atoms with van der Waals surface area (Å²) >= 11 is 14.9. The van der Waals surface area contributed by atoms with Crippen molar-refractivity contribution in [2.45, 2.75) is 71.4 Å². The van der Waals surface area contributed by atoms with E-state index < -0.39 is 5.91 Å². The number of benzene rings is 8. The van der Waals surface area contributed by atoms with Gasteiger partial charge in [0.05, 0.1) is 32.5 Å². The number of phenols is 3. The molecule has 8 aromatic rings. The van der Waals surface area contributed by atoms with Crippen molar-refractivity contribution in [1.82, 2.24) is 16.0 Å². The molecule has 0 aliphatic rings. The molecule has 11 N–H and O–H groups in total. The second kappa shape index (κ2) is 42.2. The quantitative estimate of drug-likeness (QED) is 0.0202. The normalized spacial score (nSPS) is 10.6. The summed E-state index contributed by atoms with van der Waals surface area (Å²) in [6.07, 6.45) is 4.75. The standard InChI is InChI=1S/C26H26I2N2O4.C25H24I2N2O4.C15H16I2N2O2.CH3.ClH.Pt/c1-2-12-29-24(32)11-8-18-13-21(27)25(22(28)14-18)34-19-9-10-23(31)20(15-19)26(33)30-16-17-6-4-3-5-7-17;1-2-12-28-23(31)11-8-16-13-20(26)24(21(27)14-16)33-18-9-10-22(30)19(15-18)25(32)29-17-6-4-3-5-7-17;16-13-6-9(5-10(19)8-18)7-14(17)15(13)21-12-3-1-11(20)2-4-12;;;/h3-7,9-10,13-15,31H,2,8,11-12,16H2,1H3,(H,29,32)(H,30,33);3-7,9-10,13-15,30H,2,8,11-12H2,1H3,(H,28,31)(H,29,32);1-4,6-7,10,20H,5,8,18-19H2;1H3;1H;/q;;;-1;;+2/p-1/t;;10-;;;/m..0.../s1. The van der Waals surface area contributed by atoms with E-state index in [0.29, 0.717) is 86.3 Å². The summed E-state index contributed by atoms with van der Waals surface area (Å²) in [6, 6.07) is 46.6. The van der Waals surface area contributed by atoms with Crippen LogP contribution in [0.5, 0.6) is 51.7 Å². The fraction of sp³-hybridized carbons (Fsp3) is 0.209. The molecule has 4 amide bonds. The summed E-state index contributed by atoms with van der Waals surface area (Å²) in [5.41, 5.74) is 16.6. The van der Waals surface area contributed by atoms with Crippen LogP contribution in [0.3, 0.4) is 0 Å². The van der Waals surface area contributed by atoms with Crippen LogP contribution in [0.1, 0.15) is 82.5 Å². The first-order valence-corrected chi connectivity index (χ1v) is 37.2. The molecule has 0 aliphatic carbocycles. The molecule has 91 heavy (non-hydrogen) atoms. The summed E-state index contributed by atoms with van der Waals surface area (Å²) in [4.78, 5) is 49.1. The van der Waals surface area contributed by atoms with Crippen LogP contribution in [-0.4, -0.2) is 64.6 Å². The minimum atomic E-state index is -0.426. The Bertz CT molecular complexity index is 3590. The molecule has 0 aromatic heterocycles. The molecule has 0 aliphatic heterocycles. The number of amides is 4. The maximum absolute atomic E-state index is 12.7. The number of nitrogens with one attached hydrogen (secondary N) is 4. The van der Waals surface area contributed by atoms with Gasteiger partial charge in [-0.3, -0.25) is 19.2 Å². The molecule has 0 fully saturated rings. The van der Waals surface area contributed by atoms with Crippen LogP contribution in [0.2, 0.25) is 0 Å². The number of phenolic OH excluding ortho intramolecular Hbond substituents is 3. The Labute approximate surface area is 629 Å². The van der Waals surface area contributed by atoms with Gasteiger partial charge in [-0.05, 0) is 299 Å². The maximum atomic E-state index is 12.7. The molecule has 1 atom stereocenters. The molecular weight excluding hydrogens is 2040 g/mol. The van der Waals surface area contributed by atoms with Gasteiger partial charge in [-0.25, -0.2) is 0 Å². The molecule has 0 saturated carbocycles. The van der Waals surface area contributed by atoms with E-state index >= 15 is 0 Å². The van der Waals surface area contributed by atoms with Gasteiger partial charge in [0.1, 0.15) is 34.5 Å². The van der Waals surface area contributed by atoms with Crippen molar-refractivity contribution in [2.24, 2.45) is 11.5 Å². The summed E-state index contributed by atoms with van der Waals surface area (Å²) in [6.45, 7) is 6.27. The molecular formula is C67H69ClI6N6O10Pt. The Morgan fingerprint density at radius 3 is 1.31 bits per heavy atom. The number of halogens is 7. The van der Waals surface area contributed by atoms with Gasteiger partial charge in [0.15, 0.2) is 17.2 Å². The molecule has 0 radical (unpaired) electrons. The first kappa shape index (κ1) is 79.2. The van der Waals surface area contributed by atoms with Gasteiger partial charge >= 0.3 is 28.2 Å². The molecule has 486 valence electrons. The Hall–Kier alpha value is -4.28. The Kier molecular flexibility index (Phi) is 36.7. The molecule has 8 aromatic carbocycles. The average molecular weight is 2110 g/mol. The summed E-state index contributed by atoms with van der Waals surface area (Å²) in [7, 11) is 4.61. The fourth-order valence-corrected chi connectivity index (χ4v) is 14.5. The van der Waals surface area contributed by atoms with Gasteiger partial charge in [-0.2, -0.15) is 0 Å². The van der Waals surface area contributed by atoms with E-state index in [9.17, 15) is 34.5 Å². The predicted octanol–water partition coefficient (Wildman–Crippen LogP) is 16.2. The van der Waals surface area contributed by atoms with E-state index in [0.717, 1.165) is 68.7 Å². The summed E-state index contributed by atoms with van der Waals surface area (Å²) in [5.74, 6) is 2.99. The first-order chi connectivity index (χ1) is 43.2. The molecule has 24 heteroatoms. The first-order valence-electron chi connectivity index (χ1n) is 28.0. The minimum absolute atomic E-state index is 0. The van der Waals surface area contributed by atoms with Gasteiger partial charge in [-0.1, -0.05) is 62.4 Å². The zero-order chi connectivity index (χ0) is 65.7. The molecule has 0 saturated heterocycles. The number of hydrogen-bond donors (Lipinski definition) is 9. The van der Waals surface area contributed by atoms with Crippen LogP contribution in [0.4, 0.5) is 5.69 Å². The molecule has 0 spiro atoms. The predicted molar refractivity (Wildman–Crippen MR) is 408 cm³/mol. The molecule has 0 unspecified atom stereocenters. The van der Waals surface area contributed by atoms with Crippen molar-refractivity contribution in [3.8, 4) is 51.7 Å². The average Bonchev–Trinajstić information content (AvgIpc) is 1.35. The van der Waals surface area contributed by atoms with Crippen molar-refractivity contribution in [2.75, 3.05) is 25.0 Å². The third-order valence-electron chi connectivity index (χ3n) is 12.6. The number of carbonyl (C=O) groups excluding carboxylic acids is 4. The number of aromatic hydroxyl groups is 3. The van der Waals surface area contributed by atoms with Crippen molar-refractivity contribution in [3.63, 3.8) is 0 Å². The van der Waals surface area contributed by atoms with Gasteiger partial charge < -0.3 is 69.7 Å². The van der Waals surface area contributed by atoms with E-state index in [1.807, 2.05) is 86.6 Å². The Balaban J connectivity index is 0.000000293. The Morgan fingerprint density at radius 1 is 0.505 bits per heavy atom. The summed E-state index contributed by atoms with van der Waals surface area (Å²) in [5, 5.41) is 41.1. The zero-order valence-corrected chi connectivity index (χ0v) is 65.7. The van der Waals surface area contributed by atoms with Gasteiger partial charge in [0.2, 0.25) is 11.8 Å². The third-order valence-corrected chi connectivity index (χ3v) is 17.5. The van der Waals surface area contributed by atoms with Crippen molar-refractivity contribution in [3.05, 3.63) is 220 Å². The number of aryl methyl sites for hydroxylation is 2. The fourth-order valence-electron chi connectivity index (χ4n) is 8.13. The van der Waals surface area contributed by atoms with Crippen molar-refractivity contribution >= 4 is 174 Å². The molecule has 0 bridgehead atoms. The SMILES string of the molecule is CCCNC(=O)CCc1cc(I)c(Oc2ccc(O)c(C(=O)NCc3ccccc3)c2)c(I)c1.CCCNC(=O)CCc1cc(I)c(Oc2ccc(O)c(C(=O)Nc3ccccc3)c2)c(I)c1.NC[C@@H](N)Cc1cc(I)c(Oc2ccc(O)cc2)c(I)c1.[CH3-].[Cl][Pt+]. The number of anilines is 1. The molecule has 0 heterocycles. The monoisotopic (exact) mass is 2110 g/mol. The number of carbonyl (C=O) groups is 4. The van der Waals surface area contributed by atoms with E-state index in [-0.39, 0.29) is 59.6 Å². The van der Waals surface area contributed by atoms with E-state index in [1.54, 1.807) is 67.3 Å². The van der Waals surface area contributed by atoms with E-state index in [1.165, 1.54) is 24.3 Å². The van der Waals surface area contributed by atoms with E-state index in [4.69, 9.17) is 25.7 Å². The molecule has 8 rings (SSSR count). The van der Waals surface area contributed by atoms with Crippen LogP contribution in [0.15, 0.2) is 158 Å². The second-order valence-corrected chi connectivity index (χ2v) is 26.7. The van der Waals surface area contributed by atoms with Gasteiger partial charge in [0.25, 0.3) is 11.8 Å². The van der Waals surface area contributed by atoms with Crippen LogP contribution in [0, 0.1) is 28.8 Å². The van der Waals surface area contributed by atoms with Crippen molar-refractivity contribution < 1.29 is 67.5 Å². The van der Waals surface area contributed by atoms with E-state index in [2.05, 4.69) is 178 Å². The second-order valence-electron chi connectivity index (χ2n) is 19.7. The Morgan fingerprint density at radius 2 is 0.890 bits per heavy atom. The number of hydrogen-bond acceptors (Lipinski definition) is 12. The van der Waals surface area contributed by atoms with Crippen molar-refractivity contribution in [1.29, 1.82) is 0 Å². The van der Waals surface area contributed by atoms with Crippen LogP contribution >= 0.6 is 145 Å². The summed E-state index contributed by atoms with van der Waals surface area (Å²) < 4.78 is 23.7. The number of nitrogens with two attached hydrogens (primary N) is 2. The number of ether oxygens (including phenoxy) is 3. The number of rotatable bonds is 24. The zero-order valence-electron chi connectivity index (χ0n) is 49.7. The van der Waals surface area contributed by atoms with Crippen LogP contribution in [-0.2, 0) is 54.2 Å². The van der Waals surface area contributed by atoms with Gasteiger partial charge in [-0.15, -0.1) is 0 Å². The number of para-hydroxylation sites is 1. The van der Waals surface area contributed by atoms with Crippen LogP contribution in [0.25, 0.3) is 0 Å². The van der Waals surface area contributed by atoms with Crippen LogP contribution < -0.4 is 46.9 Å². The molecule has 16 nitrogen and oxygen atoms in total. The van der Waals surface area contributed by atoms with Gasteiger partial charge in [0, 0.05) is 50.7 Å².